The highest BCUT2D eigenvalue weighted by molar-refractivity contribution is 6.05. The van der Waals surface area contributed by atoms with Crippen LogP contribution in [0, 0.1) is 6.92 Å². The van der Waals surface area contributed by atoms with Crippen LogP contribution in [0.5, 0.6) is 5.75 Å². The Labute approximate surface area is 164 Å². The van der Waals surface area contributed by atoms with E-state index in [0.717, 1.165) is 24.2 Å². The van der Waals surface area contributed by atoms with Crippen LogP contribution in [0.4, 0.5) is 17.2 Å². The summed E-state index contributed by atoms with van der Waals surface area (Å²) < 4.78 is 5.38. The maximum absolute atomic E-state index is 13.2. The number of ether oxygens (including phenoxy) is 1. The summed E-state index contributed by atoms with van der Waals surface area (Å²) in [5, 5.41) is 3.23. The van der Waals surface area contributed by atoms with Crippen LogP contribution in [-0.2, 0) is 6.42 Å². The number of hydrogen-bond acceptors (Lipinski definition) is 5. The van der Waals surface area contributed by atoms with Crippen molar-refractivity contribution in [3.05, 3.63) is 71.7 Å². The molecule has 6 nitrogen and oxygen atoms in total. The second-order valence-corrected chi connectivity index (χ2v) is 6.70. The van der Waals surface area contributed by atoms with Crippen molar-refractivity contribution in [1.82, 2.24) is 9.97 Å². The number of aromatic nitrogens is 2. The molecule has 1 aliphatic heterocycles. The third-order valence-corrected chi connectivity index (χ3v) is 4.78. The van der Waals surface area contributed by atoms with Crippen molar-refractivity contribution >= 4 is 23.1 Å². The Morgan fingerprint density at radius 1 is 1.11 bits per heavy atom. The first-order chi connectivity index (χ1) is 13.7. The number of hydrogen-bond donors (Lipinski definition) is 1. The number of nitrogens with zero attached hydrogens (tertiary/aromatic N) is 3. The van der Waals surface area contributed by atoms with E-state index < -0.39 is 0 Å². The smallest absolute Gasteiger partial charge is 0.277 e. The normalized spacial score (nSPS) is 13.0. The van der Waals surface area contributed by atoms with E-state index in [2.05, 4.69) is 21.4 Å². The molecule has 0 atom stereocenters. The SMILES string of the molecule is COc1ccccc1Nc1cc(C(=O)N2CCCc3ccccc32)nc(C)n1. The van der Waals surface area contributed by atoms with Crippen LogP contribution >= 0.6 is 0 Å². The molecule has 0 bridgehead atoms. The molecule has 0 saturated heterocycles. The zero-order chi connectivity index (χ0) is 19.5. The van der Waals surface area contributed by atoms with Crippen molar-refractivity contribution in [2.75, 3.05) is 23.9 Å². The molecule has 2 heterocycles. The van der Waals surface area contributed by atoms with Gasteiger partial charge in [-0.2, -0.15) is 0 Å². The molecule has 1 aliphatic rings. The Balaban J connectivity index is 1.65. The predicted octanol–water partition coefficient (Wildman–Crippen LogP) is 4.13. The molecule has 0 spiro atoms. The van der Waals surface area contributed by atoms with Gasteiger partial charge in [0, 0.05) is 18.3 Å². The number of carbonyl (C=O) groups is 1. The summed E-state index contributed by atoms with van der Waals surface area (Å²) in [6.45, 7) is 2.47. The van der Waals surface area contributed by atoms with Crippen LogP contribution in [0.3, 0.4) is 0 Å². The maximum atomic E-state index is 13.2. The molecule has 1 N–H and O–H groups in total. The molecule has 0 radical (unpaired) electrons. The van der Waals surface area contributed by atoms with Crippen LogP contribution < -0.4 is 15.0 Å². The number of para-hydroxylation sites is 3. The van der Waals surface area contributed by atoms with Gasteiger partial charge in [-0.3, -0.25) is 4.79 Å². The van der Waals surface area contributed by atoms with E-state index in [0.29, 0.717) is 29.6 Å². The summed E-state index contributed by atoms with van der Waals surface area (Å²) in [4.78, 5) is 23.9. The molecule has 0 unspecified atom stereocenters. The van der Waals surface area contributed by atoms with Crippen LogP contribution in [0.25, 0.3) is 0 Å². The highest BCUT2D eigenvalue weighted by Crippen LogP contribution is 2.29. The van der Waals surface area contributed by atoms with Gasteiger partial charge < -0.3 is 15.0 Å². The van der Waals surface area contributed by atoms with Gasteiger partial charge in [-0.1, -0.05) is 30.3 Å². The summed E-state index contributed by atoms with van der Waals surface area (Å²) in [6, 6.07) is 17.3. The molecule has 6 heteroatoms. The minimum absolute atomic E-state index is 0.110. The van der Waals surface area contributed by atoms with Crippen LogP contribution in [0.15, 0.2) is 54.6 Å². The predicted molar refractivity (Wildman–Crippen MR) is 109 cm³/mol. The zero-order valence-electron chi connectivity index (χ0n) is 16.0. The molecular formula is C22H22N4O2. The van der Waals surface area contributed by atoms with E-state index in [4.69, 9.17) is 4.74 Å². The van der Waals surface area contributed by atoms with E-state index in [1.807, 2.05) is 47.4 Å². The minimum Gasteiger partial charge on any atom is -0.495 e. The molecule has 28 heavy (non-hydrogen) atoms. The van der Waals surface area contributed by atoms with E-state index in [9.17, 15) is 4.79 Å². The summed E-state index contributed by atoms with van der Waals surface area (Å²) in [6.07, 6.45) is 1.93. The van der Waals surface area contributed by atoms with Crippen molar-refractivity contribution in [3.8, 4) is 5.75 Å². The fraction of sp³-hybridized carbons (Fsp3) is 0.227. The lowest BCUT2D eigenvalue weighted by molar-refractivity contribution is 0.0980. The Hall–Kier alpha value is -3.41. The second kappa shape index (κ2) is 7.68. The number of anilines is 3. The molecular weight excluding hydrogens is 352 g/mol. The quantitative estimate of drug-likeness (QED) is 0.744. The average Bonchev–Trinajstić information content (AvgIpc) is 2.73. The average molecular weight is 374 g/mol. The number of carbonyl (C=O) groups excluding carboxylic acids is 1. The first-order valence-corrected chi connectivity index (χ1v) is 9.31. The first kappa shape index (κ1) is 18.0. The lowest BCUT2D eigenvalue weighted by Gasteiger charge is -2.29. The van der Waals surface area contributed by atoms with E-state index in [1.165, 1.54) is 5.56 Å². The second-order valence-electron chi connectivity index (χ2n) is 6.70. The Kier molecular flexibility index (Phi) is 4.93. The van der Waals surface area contributed by atoms with E-state index in [1.54, 1.807) is 20.1 Å². The molecule has 3 aromatic rings. The topological polar surface area (TPSA) is 67.3 Å². The molecule has 2 aromatic carbocycles. The van der Waals surface area contributed by atoms with E-state index in [-0.39, 0.29) is 5.91 Å². The van der Waals surface area contributed by atoms with Crippen LogP contribution in [0.2, 0.25) is 0 Å². The number of amides is 1. The lowest BCUT2D eigenvalue weighted by atomic mass is 10.0. The summed E-state index contributed by atoms with van der Waals surface area (Å²) in [5.74, 6) is 1.69. The van der Waals surface area contributed by atoms with Crippen LogP contribution in [0.1, 0.15) is 28.3 Å². The highest BCUT2D eigenvalue weighted by atomic mass is 16.5. The van der Waals surface area contributed by atoms with Crippen molar-refractivity contribution in [2.45, 2.75) is 19.8 Å². The third-order valence-electron chi connectivity index (χ3n) is 4.78. The number of rotatable bonds is 4. The molecule has 0 aliphatic carbocycles. The summed E-state index contributed by atoms with van der Waals surface area (Å²) in [7, 11) is 1.62. The first-order valence-electron chi connectivity index (χ1n) is 9.31. The van der Waals surface area contributed by atoms with Gasteiger partial charge in [0.2, 0.25) is 0 Å². The molecule has 0 saturated carbocycles. The number of methoxy groups -OCH3 is 1. The molecule has 0 fully saturated rings. The monoisotopic (exact) mass is 374 g/mol. The Morgan fingerprint density at radius 2 is 1.89 bits per heavy atom. The number of aryl methyl sites for hydroxylation is 2. The fourth-order valence-corrected chi connectivity index (χ4v) is 3.51. The Morgan fingerprint density at radius 3 is 2.75 bits per heavy atom. The molecule has 1 aromatic heterocycles. The Bertz CT molecular complexity index is 1020. The van der Waals surface area contributed by atoms with Gasteiger partial charge in [-0.05, 0) is 43.5 Å². The maximum Gasteiger partial charge on any atom is 0.277 e. The lowest BCUT2D eigenvalue weighted by Crippen LogP contribution is -2.36. The van der Waals surface area contributed by atoms with Crippen molar-refractivity contribution < 1.29 is 9.53 Å². The van der Waals surface area contributed by atoms with E-state index >= 15 is 0 Å². The summed E-state index contributed by atoms with van der Waals surface area (Å²) >= 11 is 0. The van der Waals surface area contributed by atoms with Gasteiger partial charge in [-0.25, -0.2) is 9.97 Å². The number of nitrogens with one attached hydrogen (secondary N) is 1. The van der Waals surface area contributed by atoms with Crippen molar-refractivity contribution in [3.63, 3.8) is 0 Å². The summed E-state index contributed by atoms with van der Waals surface area (Å²) in [5.41, 5.74) is 3.32. The van der Waals surface area contributed by atoms with Gasteiger partial charge in [0.15, 0.2) is 0 Å². The largest absolute Gasteiger partial charge is 0.495 e. The molecule has 142 valence electrons. The minimum atomic E-state index is -0.110. The highest BCUT2D eigenvalue weighted by Gasteiger charge is 2.25. The van der Waals surface area contributed by atoms with Gasteiger partial charge in [0.25, 0.3) is 5.91 Å². The fourth-order valence-electron chi connectivity index (χ4n) is 3.51. The zero-order valence-corrected chi connectivity index (χ0v) is 16.0. The molecule has 4 rings (SSSR count). The van der Waals surface area contributed by atoms with Crippen molar-refractivity contribution in [2.24, 2.45) is 0 Å². The number of benzene rings is 2. The number of fused-ring (bicyclic) bond motifs is 1. The standard InChI is InChI=1S/C22H22N4O2/c1-15-23-18(14-21(24-15)25-17-10-4-6-12-20(17)28-2)22(27)26-13-7-9-16-8-3-5-11-19(16)26/h3-6,8,10-12,14H,7,9,13H2,1-2H3,(H,23,24,25). The van der Waals surface area contributed by atoms with Crippen molar-refractivity contribution in [1.29, 1.82) is 0 Å². The third kappa shape index (κ3) is 3.53. The van der Waals surface area contributed by atoms with Crippen LogP contribution in [-0.4, -0.2) is 29.5 Å². The van der Waals surface area contributed by atoms with Gasteiger partial charge >= 0.3 is 0 Å². The van der Waals surface area contributed by atoms with Gasteiger partial charge in [0.05, 0.1) is 12.8 Å². The van der Waals surface area contributed by atoms with Gasteiger partial charge in [-0.15, -0.1) is 0 Å². The molecule has 1 amide bonds. The van der Waals surface area contributed by atoms with Gasteiger partial charge in [0.1, 0.15) is 23.1 Å².